The number of alkyl halides is 12. The Labute approximate surface area is 294 Å². The molecule has 2 aromatic carbocycles. The van der Waals surface area contributed by atoms with Crippen LogP contribution in [0.3, 0.4) is 0 Å². The number of halogens is 12. The van der Waals surface area contributed by atoms with Crippen LogP contribution in [0.15, 0.2) is 36.4 Å². The molecule has 0 N–H and O–H groups in total. The van der Waals surface area contributed by atoms with Gasteiger partial charge in [0.05, 0.1) is 28.7 Å². The van der Waals surface area contributed by atoms with Crippen molar-refractivity contribution in [3.8, 4) is 0 Å². The van der Waals surface area contributed by atoms with E-state index in [4.69, 9.17) is 0 Å². The van der Waals surface area contributed by atoms with Gasteiger partial charge in [0.15, 0.2) is 0 Å². The van der Waals surface area contributed by atoms with Crippen molar-refractivity contribution in [3.05, 3.63) is 69.8 Å². The number of likely N-dealkylation sites (tertiary alicyclic amines) is 1. The molecule has 0 unspecified atom stereocenters. The molecule has 1 aliphatic carbocycles. The standard InChI is InChI=1S/C36H41F12N3O/c37-33(38,39)26-18-24(19-27(21-26)34(40,41)42)20-31(52)51-12-5-4-10-32(23-51,25-8-9-29(35(43,44)45)30(22-25)36(46,47)48)11-13-49-14-16-50(17-15-49)28-6-2-1-3-7-28/h8-9,18-19,21-22,28H,1-7,10-17,20,23H2/t32-/m1/s1. The molecule has 16 heteroatoms. The van der Waals surface area contributed by atoms with Crippen LogP contribution in [-0.4, -0.2) is 72.5 Å². The Bertz CT molecular complexity index is 1500. The lowest BCUT2D eigenvalue weighted by atomic mass is 9.73. The number of hydrogen-bond acceptors (Lipinski definition) is 3. The van der Waals surface area contributed by atoms with Crippen LogP contribution in [0.25, 0.3) is 0 Å². The highest BCUT2D eigenvalue weighted by atomic mass is 19.4. The van der Waals surface area contributed by atoms with Crippen LogP contribution in [0, 0.1) is 0 Å². The highest BCUT2D eigenvalue weighted by Gasteiger charge is 2.46. The molecule has 0 aromatic heterocycles. The van der Waals surface area contributed by atoms with Crippen LogP contribution in [0.5, 0.6) is 0 Å². The summed E-state index contributed by atoms with van der Waals surface area (Å²) in [6, 6.07) is 3.22. The van der Waals surface area contributed by atoms with Crippen molar-refractivity contribution < 1.29 is 57.5 Å². The summed E-state index contributed by atoms with van der Waals surface area (Å²) in [6.07, 6.45) is -15.0. The Hall–Kier alpha value is -3.01. The molecule has 1 atom stereocenters. The van der Waals surface area contributed by atoms with Crippen molar-refractivity contribution in [2.75, 3.05) is 45.8 Å². The molecule has 0 bridgehead atoms. The summed E-state index contributed by atoms with van der Waals surface area (Å²) in [6.45, 7) is 2.96. The van der Waals surface area contributed by atoms with E-state index in [9.17, 15) is 57.5 Å². The Morgan fingerprint density at radius 2 is 1.25 bits per heavy atom. The van der Waals surface area contributed by atoms with Crippen LogP contribution in [0.1, 0.15) is 91.2 Å². The van der Waals surface area contributed by atoms with Gasteiger partial charge >= 0.3 is 24.7 Å². The summed E-state index contributed by atoms with van der Waals surface area (Å²) < 4.78 is 165. The molecule has 0 spiro atoms. The number of hydrogen-bond donors (Lipinski definition) is 0. The SMILES string of the molecule is O=C(Cc1cc(C(F)(F)F)cc(C(F)(F)F)c1)N1CCCC[C@](CCN2CCN(C3CCCCC3)CC2)(c2ccc(C(F)(F)F)c(C(F)(F)F)c2)C1. The molecule has 1 saturated carbocycles. The third kappa shape index (κ3) is 9.74. The van der Waals surface area contributed by atoms with E-state index in [1.54, 1.807) is 0 Å². The fourth-order valence-corrected chi connectivity index (χ4v) is 8.02. The van der Waals surface area contributed by atoms with Crippen molar-refractivity contribution in [3.63, 3.8) is 0 Å². The molecule has 0 radical (unpaired) electrons. The van der Waals surface area contributed by atoms with E-state index in [1.807, 2.05) is 0 Å². The van der Waals surface area contributed by atoms with Gasteiger partial charge in [0, 0.05) is 50.7 Å². The fraction of sp³-hybridized carbons (Fsp3) is 0.639. The van der Waals surface area contributed by atoms with E-state index in [0.717, 1.165) is 44.8 Å². The topological polar surface area (TPSA) is 26.8 Å². The summed E-state index contributed by atoms with van der Waals surface area (Å²) in [7, 11) is 0. The normalized spacial score (nSPS) is 22.4. The molecule has 3 aliphatic rings. The number of piperazine rings is 1. The van der Waals surface area contributed by atoms with E-state index in [2.05, 4.69) is 9.80 Å². The van der Waals surface area contributed by atoms with Crippen molar-refractivity contribution in [1.29, 1.82) is 0 Å². The van der Waals surface area contributed by atoms with Gasteiger partial charge in [-0.15, -0.1) is 0 Å². The first-order valence-electron chi connectivity index (χ1n) is 17.5. The number of amides is 1. The molecule has 1 amide bonds. The molecule has 4 nitrogen and oxygen atoms in total. The maximum absolute atomic E-state index is 14.1. The van der Waals surface area contributed by atoms with Crippen molar-refractivity contribution in [2.45, 2.75) is 100 Å². The average Bonchev–Trinajstić information content (AvgIpc) is 3.30. The summed E-state index contributed by atoms with van der Waals surface area (Å²) in [5, 5.41) is 0. The molecule has 52 heavy (non-hydrogen) atoms. The minimum absolute atomic E-state index is 0.0124. The molecule has 290 valence electrons. The Balaban J connectivity index is 1.45. The van der Waals surface area contributed by atoms with Crippen molar-refractivity contribution in [2.24, 2.45) is 0 Å². The first kappa shape index (κ1) is 40.2. The number of nitrogens with zero attached hydrogens (tertiary/aromatic N) is 3. The summed E-state index contributed by atoms with van der Waals surface area (Å²) in [5.74, 6) is -0.845. The van der Waals surface area contributed by atoms with Crippen LogP contribution >= 0.6 is 0 Å². The molecule has 2 aromatic rings. The third-order valence-corrected chi connectivity index (χ3v) is 10.8. The van der Waals surface area contributed by atoms with Gasteiger partial charge in [0.25, 0.3) is 0 Å². The van der Waals surface area contributed by atoms with E-state index in [1.165, 1.54) is 11.3 Å². The minimum Gasteiger partial charge on any atom is -0.342 e. The fourth-order valence-electron chi connectivity index (χ4n) is 8.02. The number of benzene rings is 2. The lowest BCUT2D eigenvalue weighted by Crippen LogP contribution is -2.52. The molecule has 2 saturated heterocycles. The lowest BCUT2D eigenvalue weighted by Gasteiger charge is -2.43. The molecule has 5 rings (SSSR count). The number of carbonyl (C=O) groups is 1. The maximum atomic E-state index is 14.1. The highest BCUT2D eigenvalue weighted by molar-refractivity contribution is 5.79. The van der Waals surface area contributed by atoms with Gasteiger partial charge in [-0.25, -0.2) is 0 Å². The van der Waals surface area contributed by atoms with Crippen molar-refractivity contribution >= 4 is 5.91 Å². The van der Waals surface area contributed by atoms with E-state index < -0.39 is 70.3 Å². The largest absolute Gasteiger partial charge is 0.417 e. The average molecular weight is 760 g/mol. The monoisotopic (exact) mass is 759 g/mol. The Morgan fingerprint density at radius 1 is 0.654 bits per heavy atom. The van der Waals surface area contributed by atoms with E-state index >= 15 is 0 Å². The summed E-state index contributed by atoms with van der Waals surface area (Å²) in [5.41, 5.74) is -8.82. The third-order valence-electron chi connectivity index (χ3n) is 10.8. The maximum Gasteiger partial charge on any atom is 0.417 e. The second kappa shape index (κ2) is 15.4. The molecule has 2 aliphatic heterocycles. The molecular weight excluding hydrogens is 718 g/mol. The predicted octanol–water partition coefficient (Wildman–Crippen LogP) is 9.60. The number of carbonyl (C=O) groups excluding carboxylic acids is 1. The highest BCUT2D eigenvalue weighted by Crippen LogP contribution is 2.45. The molecule has 3 fully saturated rings. The quantitative estimate of drug-likeness (QED) is 0.263. The smallest absolute Gasteiger partial charge is 0.342 e. The zero-order valence-corrected chi connectivity index (χ0v) is 28.3. The second-order valence-corrected chi connectivity index (χ2v) is 14.3. The van der Waals surface area contributed by atoms with Crippen LogP contribution < -0.4 is 0 Å². The first-order valence-corrected chi connectivity index (χ1v) is 17.5. The van der Waals surface area contributed by atoms with Gasteiger partial charge in [-0.3, -0.25) is 9.69 Å². The van der Waals surface area contributed by atoms with Gasteiger partial charge in [0.2, 0.25) is 5.91 Å². The number of rotatable bonds is 7. The second-order valence-electron chi connectivity index (χ2n) is 14.3. The van der Waals surface area contributed by atoms with Gasteiger partial charge in [-0.2, -0.15) is 52.7 Å². The summed E-state index contributed by atoms with van der Waals surface area (Å²) >= 11 is 0. The van der Waals surface area contributed by atoms with E-state index in [0.29, 0.717) is 62.8 Å². The minimum atomic E-state index is -5.36. The predicted molar refractivity (Wildman–Crippen MR) is 168 cm³/mol. The first-order chi connectivity index (χ1) is 24.2. The van der Waals surface area contributed by atoms with Gasteiger partial charge in [-0.1, -0.05) is 31.7 Å². The van der Waals surface area contributed by atoms with Gasteiger partial charge in [0.1, 0.15) is 0 Å². The summed E-state index contributed by atoms with van der Waals surface area (Å²) in [4.78, 5) is 19.5. The molecule has 2 heterocycles. The zero-order valence-electron chi connectivity index (χ0n) is 28.3. The molecular formula is C36H41F12N3O. The van der Waals surface area contributed by atoms with Crippen LogP contribution in [0.4, 0.5) is 52.7 Å². The van der Waals surface area contributed by atoms with E-state index in [-0.39, 0.29) is 37.6 Å². The van der Waals surface area contributed by atoms with Crippen LogP contribution in [-0.2, 0) is 41.3 Å². The van der Waals surface area contributed by atoms with Gasteiger partial charge < -0.3 is 9.80 Å². The van der Waals surface area contributed by atoms with Crippen molar-refractivity contribution in [1.82, 2.24) is 14.7 Å². The Morgan fingerprint density at radius 3 is 1.81 bits per heavy atom. The van der Waals surface area contributed by atoms with Gasteiger partial charge in [-0.05, 0) is 80.1 Å². The lowest BCUT2D eigenvalue weighted by molar-refractivity contribution is -0.162. The Kier molecular flexibility index (Phi) is 11.9. The van der Waals surface area contributed by atoms with Crippen LogP contribution in [0.2, 0.25) is 0 Å². The zero-order chi connectivity index (χ0) is 38.1.